The second-order valence-corrected chi connectivity index (χ2v) is 8.28. The van der Waals surface area contributed by atoms with Crippen molar-refractivity contribution in [2.45, 2.75) is 33.6 Å². The van der Waals surface area contributed by atoms with Crippen LogP contribution in [0.4, 0.5) is 0 Å². The maximum absolute atomic E-state index is 13.5. The number of aryl methyl sites for hydroxylation is 2. The molecule has 0 saturated carbocycles. The third-order valence-electron chi connectivity index (χ3n) is 6.13. The van der Waals surface area contributed by atoms with Gasteiger partial charge >= 0.3 is 5.97 Å². The van der Waals surface area contributed by atoms with E-state index in [-0.39, 0.29) is 17.8 Å². The second kappa shape index (κ2) is 9.39. The first kappa shape index (κ1) is 21.8. The molecule has 1 aliphatic rings. The van der Waals surface area contributed by atoms with Crippen LogP contribution in [0.25, 0.3) is 16.9 Å². The smallest absolute Gasteiger partial charge is 0.309 e. The highest BCUT2D eigenvalue weighted by atomic mass is 16.5. The molecule has 6 heteroatoms. The average molecular weight is 432 g/mol. The van der Waals surface area contributed by atoms with E-state index in [1.54, 1.807) is 4.68 Å². The van der Waals surface area contributed by atoms with Crippen LogP contribution >= 0.6 is 0 Å². The molecule has 1 aliphatic heterocycles. The van der Waals surface area contributed by atoms with Gasteiger partial charge in [0.1, 0.15) is 5.69 Å². The number of hydrogen-bond acceptors (Lipinski definition) is 4. The molecule has 0 aliphatic carbocycles. The number of ether oxygens (including phenoxy) is 1. The molecule has 4 rings (SSSR count). The van der Waals surface area contributed by atoms with Gasteiger partial charge in [-0.15, -0.1) is 0 Å². The number of carbonyl (C=O) groups is 2. The van der Waals surface area contributed by atoms with Crippen molar-refractivity contribution in [3.8, 4) is 16.9 Å². The van der Waals surface area contributed by atoms with Crippen LogP contribution in [-0.4, -0.2) is 46.3 Å². The maximum atomic E-state index is 13.5. The Morgan fingerprint density at radius 1 is 1.00 bits per heavy atom. The first-order valence-electron chi connectivity index (χ1n) is 11.2. The van der Waals surface area contributed by atoms with Crippen LogP contribution in [0.2, 0.25) is 0 Å². The van der Waals surface area contributed by atoms with E-state index >= 15 is 0 Å². The second-order valence-electron chi connectivity index (χ2n) is 8.28. The van der Waals surface area contributed by atoms with Gasteiger partial charge in [-0.1, -0.05) is 30.3 Å². The number of carbonyl (C=O) groups excluding carboxylic acids is 2. The third kappa shape index (κ3) is 4.44. The van der Waals surface area contributed by atoms with Crippen LogP contribution in [-0.2, 0) is 9.53 Å². The molecule has 1 fully saturated rings. The summed E-state index contributed by atoms with van der Waals surface area (Å²) in [6.07, 6.45) is 1.24. The Balaban J connectivity index is 1.64. The Hall–Kier alpha value is -3.41. The molecule has 1 saturated heterocycles. The van der Waals surface area contributed by atoms with E-state index in [4.69, 9.17) is 9.84 Å². The van der Waals surface area contributed by atoms with Crippen molar-refractivity contribution >= 4 is 11.9 Å². The van der Waals surface area contributed by atoms with Gasteiger partial charge in [0, 0.05) is 18.7 Å². The molecule has 0 atom stereocenters. The summed E-state index contributed by atoms with van der Waals surface area (Å²) in [5.74, 6) is -0.367. The van der Waals surface area contributed by atoms with Crippen molar-refractivity contribution in [2.24, 2.45) is 5.92 Å². The highest BCUT2D eigenvalue weighted by Crippen LogP contribution is 2.26. The molecule has 0 N–H and O–H groups in total. The van der Waals surface area contributed by atoms with Gasteiger partial charge < -0.3 is 9.64 Å². The number of benzene rings is 2. The first-order chi connectivity index (χ1) is 15.5. The summed E-state index contributed by atoms with van der Waals surface area (Å²) >= 11 is 0. The van der Waals surface area contributed by atoms with Gasteiger partial charge in [0.15, 0.2) is 0 Å². The van der Waals surface area contributed by atoms with Crippen molar-refractivity contribution in [1.29, 1.82) is 0 Å². The van der Waals surface area contributed by atoms with Gasteiger partial charge in [0.05, 0.1) is 23.9 Å². The standard InChI is InChI=1S/C26H29N3O3/c1-4-32-26(31)20-12-14-28(15-13-20)25(30)24-17-23(21-11-10-18(2)19(3)16-21)27-29(24)22-8-6-5-7-9-22/h5-11,16-17,20H,4,12-15H2,1-3H3. The molecule has 0 radical (unpaired) electrons. The number of esters is 1. The zero-order chi connectivity index (χ0) is 22.7. The molecule has 32 heavy (non-hydrogen) atoms. The molecule has 0 spiro atoms. The SMILES string of the molecule is CCOC(=O)C1CCN(C(=O)c2cc(-c3ccc(C)c(C)c3)nn2-c2ccccc2)CC1. The number of piperidine rings is 1. The lowest BCUT2D eigenvalue weighted by Gasteiger charge is -2.30. The molecule has 2 heterocycles. The minimum atomic E-state index is -0.161. The number of nitrogens with zero attached hydrogens (tertiary/aromatic N) is 3. The number of amides is 1. The summed E-state index contributed by atoms with van der Waals surface area (Å²) in [7, 11) is 0. The molecule has 3 aromatic rings. The number of likely N-dealkylation sites (tertiary alicyclic amines) is 1. The topological polar surface area (TPSA) is 64.4 Å². The van der Waals surface area contributed by atoms with Gasteiger partial charge in [-0.05, 0) is 69.0 Å². The van der Waals surface area contributed by atoms with Crippen LogP contribution in [0.15, 0.2) is 54.6 Å². The predicted octanol–water partition coefficient (Wildman–Crippen LogP) is 4.57. The van der Waals surface area contributed by atoms with E-state index in [1.165, 1.54) is 11.1 Å². The van der Waals surface area contributed by atoms with E-state index in [1.807, 2.05) is 54.3 Å². The van der Waals surface area contributed by atoms with Gasteiger partial charge in [-0.2, -0.15) is 5.10 Å². The summed E-state index contributed by atoms with van der Waals surface area (Å²) in [6, 6.07) is 17.8. The fourth-order valence-corrected chi connectivity index (χ4v) is 4.08. The lowest BCUT2D eigenvalue weighted by molar-refractivity contribution is -0.149. The number of rotatable bonds is 5. The summed E-state index contributed by atoms with van der Waals surface area (Å²) in [4.78, 5) is 27.4. The molecule has 166 valence electrons. The van der Waals surface area contributed by atoms with E-state index < -0.39 is 0 Å². The van der Waals surface area contributed by atoms with Crippen LogP contribution < -0.4 is 0 Å². The lowest BCUT2D eigenvalue weighted by atomic mass is 9.97. The third-order valence-corrected chi connectivity index (χ3v) is 6.13. The fourth-order valence-electron chi connectivity index (χ4n) is 4.08. The van der Waals surface area contributed by atoms with E-state index in [2.05, 4.69) is 26.0 Å². The Labute approximate surface area is 188 Å². The number of para-hydroxylation sites is 1. The van der Waals surface area contributed by atoms with Gasteiger partial charge in [-0.25, -0.2) is 4.68 Å². The predicted molar refractivity (Wildman–Crippen MR) is 124 cm³/mol. The fraction of sp³-hybridized carbons (Fsp3) is 0.346. The summed E-state index contributed by atoms with van der Waals surface area (Å²) in [5.41, 5.74) is 5.52. The van der Waals surface area contributed by atoms with Gasteiger partial charge in [0.25, 0.3) is 5.91 Å². The minimum Gasteiger partial charge on any atom is -0.466 e. The minimum absolute atomic E-state index is 0.0706. The van der Waals surface area contributed by atoms with E-state index in [0.717, 1.165) is 16.9 Å². The molecule has 6 nitrogen and oxygen atoms in total. The molecule has 2 aromatic carbocycles. The summed E-state index contributed by atoms with van der Waals surface area (Å²) in [6.45, 7) is 7.41. The highest BCUT2D eigenvalue weighted by molar-refractivity contribution is 5.94. The Kier molecular flexibility index (Phi) is 6.40. The normalized spacial score (nSPS) is 14.4. The lowest BCUT2D eigenvalue weighted by Crippen LogP contribution is -2.41. The van der Waals surface area contributed by atoms with Crippen LogP contribution in [0.1, 0.15) is 41.4 Å². The van der Waals surface area contributed by atoms with Crippen molar-refractivity contribution in [1.82, 2.24) is 14.7 Å². The van der Waals surface area contributed by atoms with Crippen molar-refractivity contribution in [2.75, 3.05) is 19.7 Å². The van der Waals surface area contributed by atoms with Gasteiger partial charge in [0.2, 0.25) is 0 Å². The van der Waals surface area contributed by atoms with Crippen molar-refractivity contribution in [3.63, 3.8) is 0 Å². The van der Waals surface area contributed by atoms with E-state index in [0.29, 0.717) is 38.2 Å². The Morgan fingerprint density at radius 3 is 2.38 bits per heavy atom. The van der Waals surface area contributed by atoms with Crippen molar-refractivity contribution in [3.05, 3.63) is 71.4 Å². The molecule has 1 aromatic heterocycles. The van der Waals surface area contributed by atoms with Crippen LogP contribution in [0.5, 0.6) is 0 Å². The molecule has 0 unspecified atom stereocenters. The Bertz CT molecular complexity index is 1110. The first-order valence-corrected chi connectivity index (χ1v) is 11.2. The number of aromatic nitrogens is 2. The quantitative estimate of drug-likeness (QED) is 0.555. The summed E-state index contributed by atoms with van der Waals surface area (Å²) < 4.78 is 6.88. The maximum Gasteiger partial charge on any atom is 0.309 e. The Morgan fingerprint density at radius 2 is 1.72 bits per heavy atom. The zero-order valence-electron chi connectivity index (χ0n) is 18.9. The van der Waals surface area contributed by atoms with Crippen LogP contribution in [0.3, 0.4) is 0 Å². The average Bonchev–Trinajstić information content (AvgIpc) is 3.27. The molecule has 1 amide bonds. The molecular formula is C26H29N3O3. The largest absolute Gasteiger partial charge is 0.466 e. The highest BCUT2D eigenvalue weighted by Gasteiger charge is 2.30. The van der Waals surface area contributed by atoms with Gasteiger partial charge in [-0.3, -0.25) is 9.59 Å². The van der Waals surface area contributed by atoms with Crippen molar-refractivity contribution < 1.29 is 14.3 Å². The number of hydrogen-bond donors (Lipinski definition) is 0. The monoisotopic (exact) mass is 431 g/mol. The van der Waals surface area contributed by atoms with E-state index in [9.17, 15) is 9.59 Å². The zero-order valence-corrected chi connectivity index (χ0v) is 18.9. The molecular weight excluding hydrogens is 402 g/mol. The molecule has 0 bridgehead atoms. The van der Waals surface area contributed by atoms with Crippen LogP contribution in [0, 0.1) is 19.8 Å². The summed E-state index contributed by atoms with van der Waals surface area (Å²) in [5, 5.41) is 4.80.